The summed E-state index contributed by atoms with van der Waals surface area (Å²) >= 11 is 0. The van der Waals surface area contributed by atoms with Crippen molar-refractivity contribution in [2.24, 2.45) is 0 Å². The number of phenols is 1. The lowest BCUT2D eigenvalue weighted by atomic mass is 9.93. The van der Waals surface area contributed by atoms with Gasteiger partial charge in [0, 0.05) is 0 Å². The Labute approximate surface area is 167 Å². The molecular weight excluding hydrogens is 370 g/mol. The number of aromatic hydroxyl groups is 1. The van der Waals surface area contributed by atoms with Crippen LogP contribution in [0.2, 0.25) is 0 Å². The normalized spacial score (nSPS) is 16.6. The third-order valence-corrected chi connectivity index (χ3v) is 4.95. The molecule has 2 N–H and O–H groups in total. The first-order chi connectivity index (χ1) is 13.9. The number of nitrogens with zero attached hydrogens (tertiary/aromatic N) is 1. The number of hydrogen-bond acceptors (Lipinski definition) is 5. The van der Waals surface area contributed by atoms with Crippen LogP contribution in [0, 0.1) is 13.8 Å². The standard InChI is InChI=1S/C23H19NO5/c1-13-5-3-6-15(11-13)20-19(21(26)18-7-4-10-29-18)22(27)23(28)24(20)16-12-14(2)8-9-17(16)25/h3-12,20,25,27H,1-2H3. The molecule has 1 aliphatic rings. The fourth-order valence-electron chi connectivity index (χ4n) is 3.61. The molecule has 3 aromatic rings. The predicted molar refractivity (Wildman–Crippen MR) is 107 cm³/mol. The van der Waals surface area contributed by atoms with E-state index in [1.165, 1.54) is 23.3 Å². The Hall–Kier alpha value is -3.80. The maximum atomic E-state index is 13.1. The Kier molecular flexibility index (Phi) is 4.47. The molecule has 0 saturated heterocycles. The molecule has 0 spiro atoms. The molecule has 6 heteroatoms. The number of amides is 1. The van der Waals surface area contributed by atoms with Crippen molar-refractivity contribution < 1.29 is 24.2 Å². The van der Waals surface area contributed by atoms with Gasteiger partial charge in [-0.05, 0) is 49.2 Å². The van der Waals surface area contributed by atoms with E-state index in [2.05, 4.69) is 0 Å². The summed E-state index contributed by atoms with van der Waals surface area (Å²) in [4.78, 5) is 27.4. The summed E-state index contributed by atoms with van der Waals surface area (Å²) in [5.41, 5.74) is 2.52. The van der Waals surface area contributed by atoms with Crippen molar-refractivity contribution in [2.75, 3.05) is 4.90 Å². The molecule has 0 radical (unpaired) electrons. The van der Waals surface area contributed by atoms with Gasteiger partial charge in [0.25, 0.3) is 5.91 Å². The Balaban J connectivity index is 1.94. The fraction of sp³-hybridized carbons (Fsp3) is 0.130. The number of benzene rings is 2. The maximum Gasteiger partial charge on any atom is 0.294 e. The second-order valence-electron chi connectivity index (χ2n) is 7.05. The molecular formula is C23H19NO5. The van der Waals surface area contributed by atoms with E-state index in [4.69, 9.17) is 4.42 Å². The third kappa shape index (κ3) is 3.08. The predicted octanol–water partition coefficient (Wildman–Crippen LogP) is 4.38. The minimum absolute atomic E-state index is 0.0207. The van der Waals surface area contributed by atoms with Crippen molar-refractivity contribution in [3.05, 3.63) is 94.6 Å². The van der Waals surface area contributed by atoms with Crippen molar-refractivity contribution in [3.63, 3.8) is 0 Å². The molecule has 1 aromatic heterocycles. The number of phenolic OH excluding ortho intramolecular Hbond substituents is 1. The third-order valence-electron chi connectivity index (χ3n) is 4.95. The SMILES string of the molecule is Cc1cccc(C2C(C(=O)c3ccco3)=C(O)C(=O)N2c2cc(C)ccc2O)c1. The number of ketones is 1. The van der Waals surface area contributed by atoms with Crippen LogP contribution in [0.4, 0.5) is 5.69 Å². The number of furan rings is 1. The van der Waals surface area contributed by atoms with E-state index in [0.717, 1.165) is 11.1 Å². The van der Waals surface area contributed by atoms with Crippen LogP contribution in [-0.4, -0.2) is 21.9 Å². The number of carbonyl (C=O) groups excluding carboxylic acids is 2. The lowest BCUT2D eigenvalue weighted by Crippen LogP contribution is -2.31. The highest BCUT2D eigenvalue weighted by atomic mass is 16.3. The van der Waals surface area contributed by atoms with Gasteiger partial charge in [0.2, 0.25) is 5.78 Å². The van der Waals surface area contributed by atoms with E-state index in [-0.39, 0.29) is 22.8 Å². The number of rotatable bonds is 4. The molecule has 0 bridgehead atoms. The van der Waals surface area contributed by atoms with Crippen LogP contribution < -0.4 is 4.90 Å². The number of carbonyl (C=O) groups is 2. The van der Waals surface area contributed by atoms with Crippen LogP contribution in [0.1, 0.15) is 33.3 Å². The molecule has 1 atom stereocenters. The summed E-state index contributed by atoms with van der Waals surface area (Å²) < 4.78 is 5.21. The number of anilines is 1. The van der Waals surface area contributed by atoms with Crippen LogP contribution in [0.25, 0.3) is 0 Å². The first-order valence-electron chi connectivity index (χ1n) is 9.09. The van der Waals surface area contributed by atoms with Crippen LogP contribution in [0.5, 0.6) is 5.75 Å². The molecule has 1 amide bonds. The van der Waals surface area contributed by atoms with Crippen molar-refractivity contribution in [3.8, 4) is 5.75 Å². The average molecular weight is 389 g/mol. The van der Waals surface area contributed by atoms with E-state index < -0.39 is 23.5 Å². The fourth-order valence-corrected chi connectivity index (χ4v) is 3.61. The molecule has 2 heterocycles. The quantitative estimate of drug-likeness (QED) is 0.646. The second kappa shape index (κ2) is 6.98. The van der Waals surface area contributed by atoms with Gasteiger partial charge in [0.1, 0.15) is 5.75 Å². The number of Topliss-reactive ketones (excluding diaryl/α,β-unsaturated/α-hetero) is 1. The molecule has 4 rings (SSSR count). The van der Waals surface area contributed by atoms with Crippen LogP contribution in [0.15, 0.2) is 76.6 Å². The van der Waals surface area contributed by atoms with Crippen LogP contribution in [0.3, 0.4) is 0 Å². The molecule has 0 saturated carbocycles. The van der Waals surface area contributed by atoms with Gasteiger partial charge < -0.3 is 14.6 Å². The largest absolute Gasteiger partial charge is 0.506 e. The minimum Gasteiger partial charge on any atom is -0.506 e. The molecule has 29 heavy (non-hydrogen) atoms. The van der Waals surface area contributed by atoms with Crippen molar-refractivity contribution in [1.82, 2.24) is 0 Å². The van der Waals surface area contributed by atoms with E-state index in [9.17, 15) is 19.8 Å². The highest BCUT2D eigenvalue weighted by molar-refractivity contribution is 6.20. The van der Waals surface area contributed by atoms with Crippen molar-refractivity contribution >= 4 is 17.4 Å². The molecule has 1 unspecified atom stereocenters. The zero-order valence-corrected chi connectivity index (χ0v) is 15.9. The Bertz CT molecular complexity index is 1140. The van der Waals surface area contributed by atoms with Gasteiger partial charge in [0.05, 0.1) is 23.6 Å². The maximum absolute atomic E-state index is 13.1. The Morgan fingerprint density at radius 3 is 2.45 bits per heavy atom. The highest BCUT2D eigenvalue weighted by Crippen LogP contribution is 2.44. The van der Waals surface area contributed by atoms with E-state index in [1.54, 1.807) is 24.3 Å². The van der Waals surface area contributed by atoms with Crippen molar-refractivity contribution in [1.29, 1.82) is 0 Å². The minimum atomic E-state index is -0.910. The number of aliphatic hydroxyl groups excluding tert-OH is 1. The number of hydrogen-bond donors (Lipinski definition) is 2. The molecule has 146 valence electrons. The zero-order valence-electron chi connectivity index (χ0n) is 15.9. The summed E-state index contributed by atoms with van der Waals surface area (Å²) in [5, 5.41) is 21.1. The van der Waals surface area contributed by atoms with E-state index in [0.29, 0.717) is 5.56 Å². The monoisotopic (exact) mass is 389 g/mol. The second-order valence-corrected chi connectivity index (χ2v) is 7.05. The lowest BCUT2D eigenvalue weighted by Gasteiger charge is -2.27. The van der Waals surface area contributed by atoms with Gasteiger partial charge in [0.15, 0.2) is 11.5 Å². The summed E-state index contributed by atoms with van der Waals surface area (Å²) in [7, 11) is 0. The smallest absolute Gasteiger partial charge is 0.294 e. The van der Waals surface area contributed by atoms with E-state index in [1.807, 2.05) is 32.0 Å². The van der Waals surface area contributed by atoms with Gasteiger partial charge >= 0.3 is 0 Å². The van der Waals surface area contributed by atoms with Gasteiger partial charge in [-0.1, -0.05) is 35.9 Å². The summed E-state index contributed by atoms with van der Waals surface area (Å²) in [6.45, 7) is 3.72. The van der Waals surface area contributed by atoms with Gasteiger partial charge in [-0.3, -0.25) is 14.5 Å². The molecule has 0 fully saturated rings. The van der Waals surface area contributed by atoms with Crippen molar-refractivity contribution in [2.45, 2.75) is 19.9 Å². The average Bonchev–Trinajstić information content (AvgIpc) is 3.31. The van der Waals surface area contributed by atoms with Gasteiger partial charge in [-0.25, -0.2) is 0 Å². The molecule has 6 nitrogen and oxygen atoms in total. The number of aliphatic hydroxyl groups is 1. The first-order valence-corrected chi connectivity index (χ1v) is 9.09. The molecule has 1 aliphatic heterocycles. The van der Waals surface area contributed by atoms with Gasteiger partial charge in [-0.2, -0.15) is 0 Å². The van der Waals surface area contributed by atoms with Crippen LogP contribution in [-0.2, 0) is 4.79 Å². The lowest BCUT2D eigenvalue weighted by molar-refractivity contribution is -0.117. The van der Waals surface area contributed by atoms with Crippen LogP contribution >= 0.6 is 0 Å². The Morgan fingerprint density at radius 2 is 1.76 bits per heavy atom. The van der Waals surface area contributed by atoms with E-state index >= 15 is 0 Å². The highest BCUT2D eigenvalue weighted by Gasteiger charge is 2.46. The molecule has 2 aromatic carbocycles. The number of aryl methyl sites for hydroxylation is 2. The summed E-state index contributed by atoms with van der Waals surface area (Å²) in [5.74, 6) is -2.10. The Morgan fingerprint density at radius 1 is 1.00 bits per heavy atom. The molecule has 0 aliphatic carbocycles. The summed E-state index contributed by atoms with van der Waals surface area (Å²) in [6.07, 6.45) is 1.35. The topological polar surface area (TPSA) is 91.0 Å². The summed E-state index contributed by atoms with van der Waals surface area (Å²) in [6, 6.07) is 14.3. The van der Waals surface area contributed by atoms with Gasteiger partial charge in [-0.15, -0.1) is 0 Å². The first kappa shape index (κ1) is 18.6. The zero-order chi connectivity index (χ0) is 20.7.